The molecular weight excluding hydrogens is 653 g/mol. The van der Waals surface area contributed by atoms with E-state index < -0.39 is 0 Å². The Labute approximate surface area is 317 Å². The molecule has 0 radical (unpaired) electrons. The zero-order valence-corrected chi connectivity index (χ0v) is 30.8. The predicted octanol–water partition coefficient (Wildman–Crippen LogP) is 10.8. The largest absolute Gasteiger partial charge is 0.335 e. The van der Waals surface area contributed by atoms with Crippen LogP contribution in [0.15, 0.2) is 158 Å². The van der Waals surface area contributed by atoms with Gasteiger partial charge in [-0.2, -0.15) is 0 Å². The highest BCUT2D eigenvalue weighted by Gasteiger charge is 2.61. The van der Waals surface area contributed by atoms with Gasteiger partial charge in [0.25, 0.3) is 6.71 Å². The second kappa shape index (κ2) is 10.8. The van der Waals surface area contributed by atoms with Crippen molar-refractivity contribution in [1.29, 1.82) is 0 Å². The average molecular weight is 694 g/mol. The second-order valence-corrected chi connectivity index (χ2v) is 16.4. The second-order valence-electron chi connectivity index (χ2n) is 16.4. The van der Waals surface area contributed by atoms with Crippen LogP contribution in [0.2, 0.25) is 0 Å². The molecule has 0 spiro atoms. The monoisotopic (exact) mass is 693 g/mol. The fourth-order valence-corrected chi connectivity index (χ4v) is 11.3. The van der Waals surface area contributed by atoms with Gasteiger partial charge in [0.1, 0.15) is 0 Å². The lowest BCUT2D eigenvalue weighted by molar-refractivity contribution is 0.195. The van der Waals surface area contributed by atoms with Crippen molar-refractivity contribution in [3.8, 4) is 16.8 Å². The predicted molar refractivity (Wildman–Crippen MR) is 228 cm³/mol. The molecule has 4 aliphatic rings. The molecule has 4 heteroatoms. The lowest BCUT2D eigenvalue weighted by atomic mass is 9.33. The summed E-state index contributed by atoms with van der Waals surface area (Å²) in [5.41, 5.74) is 18.7. The molecule has 0 bridgehead atoms. The highest BCUT2D eigenvalue weighted by atomic mass is 15.3. The number of para-hydroxylation sites is 4. The Morgan fingerprint density at radius 2 is 1.20 bits per heavy atom. The molecule has 0 saturated heterocycles. The molecular formula is C50H40BN3. The number of fused-ring (bicyclic) bond motifs is 10. The summed E-state index contributed by atoms with van der Waals surface area (Å²) in [5.74, 6) is 0. The normalized spacial score (nSPS) is 20.5. The van der Waals surface area contributed by atoms with E-state index in [0.717, 1.165) is 0 Å². The summed E-state index contributed by atoms with van der Waals surface area (Å²) in [6, 6.07) is 59.2. The van der Waals surface area contributed by atoms with Gasteiger partial charge in [-0.05, 0) is 114 Å². The SMILES string of the molecule is CC12CCCC[C@@]1(C)c1cccc3c1N2c1cccc2c1B3c1ccccc1N2c1cccc(-c2ccc3c(c2)c2ccccc2n3-c2ccccc2)c1. The van der Waals surface area contributed by atoms with Gasteiger partial charge in [0.15, 0.2) is 0 Å². The first-order valence-electron chi connectivity index (χ1n) is 19.7. The third-order valence-corrected chi connectivity index (χ3v) is 13.9. The number of hydrogen-bond acceptors (Lipinski definition) is 2. The van der Waals surface area contributed by atoms with Crippen LogP contribution in [0.4, 0.5) is 28.4 Å². The van der Waals surface area contributed by atoms with Crippen molar-refractivity contribution in [2.24, 2.45) is 0 Å². The number of hydrogen-bond donors (Lipinski definition) is 0. The zero-order chi connectivity index (χ0) is 35.8. The Morgan fingerprint density at radius 3 is 2.13 bits per heavy atom. The first-order chi connectivity index (χ1) is 26.5. The summed E-state index contributed by atoms with van der Waals surface area (Å²) in [4.78, 5) is 5.34. The molecule has 2 atom stereocenters. The van der Waals surface area contributed by atoms with Crippen LogP contribution in [-0.2, 0) is 5.41 Å². The molecule has 1 saturated carbocycles. The van der Waals surface area contributed by atoms with Gasteiger partial charge in [-0.3, -0.25) is 0 Å². The first-order valence-corrected chi connectivity index (χ1v) is 19.7. The van der Waals surface area contributed by atoms with Crippen LogP contribution in [0.5, 0.6) is 0 Å². The lowest BCUT2D eigenvalue weighted by Gasteiger charge is -2.52. The minimum atomic E-state index is 0.0355. The Balaban J connectivity index is 1.04. The van der Waals surface area contributed by atoms with Crippen LogP contribution in [0.25, 0.3) is 38.6 Å². The Hall–Kier alpha value is -6.00. The fraction of sp³-hybridized carbons (Fsp3) is 0.160. The summed E-state index contributed by atoms with van der Waals surface area (Å²) < 4.78 is 2.39. The van der Waals surface area contributed by atoms with Crippen molar-refractivity contribution < 1.29 is 0 Å². The van der Waals surface area contributed by atoms with Gasteiger partial charge in [-0.1, -0.05) is 117 Å². The van der Waals surface area contributed by atoms with Gasteiger partial charge in [0, 0.05) is 50.3 Å². The molecule has 1 unspecified atom stereocenters. The van der Waals surface area contributed by atoms with Crippen molar-refractivity contribution in [1.82, 2.24) is 4.57 Å². The van der Waals surface area contributed by atoms with Gasteiger partial charge in [0.05, 0.1) is 16.6 Å². The molecule has 3 aliphatic heterocycles. The molecule has 1 fully saturated rings. The van der Waals surface area contributed by atoms with E-state index in [4.69, 9.17) is 0 Å². The van der Waals surface area contributed by atoms with E-state index in [-0.39, 0.29) is 17.7 Å². The molecule has 4 heterocycles. The first kappa shape index (κ1) is 30.5. The lowest BCUT2D eigenvalue weighted by Crippen LogP contribution is -2.64. The van der Waals surface area contributed by atoms with Crippen LogP contribution in [-0.4, -0.2) is 16.8 Å². The number of nitrogens with zero attached hydrogens (tertiary/aromatic N) is 3. The minimum absolute atomic E-state index is 0.0355. The number of rotatable bonds is 3. The molecule has 8 aromatic rings. The zero-order valence-electron chi connectivity index (χ0n) is 30.8. The van der Waals surface area contributed by atoms with Gasteiger partial charge in [0.2, 0.25) is 0 Å². The maximum Gasteiger partial charge on any atom is 0.252 e. The number of anilines is 5. The Bertz CT molecular complexity index is 2850. The van der Waals surface area contributed by atoms with Crippen LogP contribution in [0.1, 0.15) is 45.1 Å². The number of aromatic nitrogens is 1. The number of benzene rings is 7. The highest BCUT2D eigenvalue weighted by molar-refractivity contribution is 7.00. The molecule has 12 rings (SSSR count). The van der Waals surface area contributed by atoms with E-state index >= 15 is 0 Å². The van der Waals surface area contributed by atoms with Crippen molar-refractivity contribution >= 4 is 73.3 Å². The molecule has 0 amide bonds. The van der Waals surface area contributed by atoms with Crippen molar-refractivity contribution in [3.63, 3.8) is 0 Å². The molecule has 3 nitrogen and oxygen atoms in total. The van der Waals surface area contributed by atoms with Crippen molar-refractivity contribution in [2.45, 2.75) is 50.5 Å². The smallest absolute Gasteiger partial charge is 0.252 e. The third kappa shape index (κ3) is 3.78. The molecule has 1 aliphatic carbocycles. The summed E-state index contributed by atoms with van der Waals surface area (Å²) in [6.07, 6.45) is 5.03. The van der Waals surface area contributed by atoms with E-state index in [2.05, 4.69) is 186 Å². The summed E-state index contributed by atoms with van der Waals surface area (Å²) in [7, 11) is 0. The maximum absolute atomic E-state index is 2.80. The minimum Gasteiger partial charge on any atom is -0.335 e. The van der Waals surface area contributed by atoms with Crippen molar-refractivity contribution in [2.75, 3.05) is 9.80 Å². The van der Waals surface area contributed by atoms with Gasteiger partial charge in [-0.25, -0.2) is 0 Å². The van der Waals surface area contributed by atoms with Crippen LogP contribution in [0.3, 0.4) is 0 Å². The molecule has 7 aromatic carbocycles. The van der Waals surface area contributed by atoms with Gasteiger partial charge >= 0.3 is 0 Å². The van der Waals surface area contributed by atoms with E-state index in [1.807, 2.05) is 0 Å². The molecule has 0 N–H and O–H groups in total. The van der Waals surface area contributed by atoms with Crippen LogP contribution < -0.4 is 26.2 Å². The highest BCUT2D eigenvalue weighted by Crippen LogP contribution is 2.61. The third-order valence-electron chi connectivity index (χ3n) is 13.9. The van der Waals surface area contributed by atoms with E-state index in [1.54, 1.807) is 5.56 Å². The van der Waals surface area contributed by atoms with E-state index in [1.165, 1.54) is 109 Å². The fourth-order valence-electron chi connectivity index (χ4n) is 11.3. The van der Waals surface area contributed by atoms with Gasteiger partial charge < -0.3 is 14.4 Å². The maximum atomic E-state index is 2.80. The molecule has 54 heavy (non-hydrogen) atoms. The van der Waals surface area contributed by atoms with Crippen LogP contribution in [0, 0.1) is 0 Å². The van der Waals surface area contributed by atoms with Gasteiger partial charge in [-0.15, -0.1) is 0 Å². The average Bonchev–Trinajstić information content (AvgIpc) is 3.66. The molecule has 1 aromatic heterocycles. The van der Waals surface area contributed by atoms with E-state index in [9.17, 15) is 0 Å². The topological polar surface area (TPSA) is 11.4 Å². The quantitative estimate of drug-likeness (QED) is 0.171. The summed E-state index contributed by atoms with van der Waals surface area (Å²) in [5, 5.41) is 2.54. The van der Waals surface area contributed by atoms with Crippen LogP contribution >= 0.6 is 0 Å². The molecule has 258 valence electrons. The van der Waals surface area contributed by atoms with E-state index in [0.29, 0.717) is 0 Å². The van der Waals surface area contributed by atoms with Crippen molar-refractivity contribution in [3.05, 3.63) is 163 Å². The Morgan fingerprint density at radius 1 is 0.519 bits per heavy atom. The Kier molecular flexibility index (Phi) is 6.09. The summed E-state index contributed by atoms with van der Waals surface area (Å²) in [6.45, 7) is 5.30. The standard InChI is InChI=1S/C50H40BN3/c1-49-29-10-11-30-50(49,2)54-46-26-14-25-45-47(46)51(41-22-13-20-39(49)48(41)54)40-21-7-9-24-44(40)53(45)36-18-12-15-33(31-36)34-27-28-43-38(32-34)37-19-6-8-23-42(37)52(43)35-16-4-3-5-17-35/h3-9,12-28,31-32H,10-11,29-30H2,1-2H3/t49-,50?/m0/s1. The summed E-state index contributed by atoms with van der Waals surface area (Å²) >= 11 is 0.